The topological polar surface area (TPSA) is 128 Å². The van der Waals surface area contributed by atoms with Gasteiger partial charge in [-0.1, -0.05) is 0 Å². The summed E-state index contributed by atoms with van der Waals surface area (Å²) in [7, 11) is 1.56. The van der Waals surface area contributed by atoms with E-state index in [4.69, 9.17) is 0 Å². The van der Waals surface area contributed by atoms with Gasteiger partial charge in [-0.05, 0) is 37.7 Å². The van der Waals surface area contributed by atoms with Crippen LogP contribution in [0.3, 0.4) is 0 Å². The Labute approximate surface area is 229 Å². The molecule has 3 aliphatic carbocycles. The fraction of sp³-hybridized carbons (Fsp3) is 0.542. The third-order valence-electron chi connectivity index (χ3n) is 7.39. The van der Waals surface area contributed by atoms with Crippen molar-refractivity contribution < 1.29 is 31.9 Å². The summed E-state index contributed by atoms with van der Waals surface area (Å²) < 4.78 is 59.5. The number of carbonyl (C=O) groups excluding carboxylic acids is 2. The number of rotatable bonds is 10. The SMILES string of the molecule is Cn1nc(OC(F)F)cc1Nc1nncn1[C@H]1CCc2sc(NC(=O)C3CC3)c(C(=O)NC[C@H]3CC3(F)F)c2C1. The molecule has 11 nitrogen and oxygen atoms in total. The Morgan fingerprint density at radius 3 is 2.75 bits per heavy atom. The quantitative estimate of drug-likeness (QED) is 0.310. The molecular weight excluding hydrogens is 556 g/mol. The highest BCUT2D eigenvalue weighted by molar-refractivity contribution is 7.17. The van der Waals surface area contributed by atoms with E-state index in [0.717, 1.165) is 23.3 Å². The van der Waals surface area contributed by atoms with Crippen molar-refractivity contribution in [1.29, 1.82) is 0 Å². The molecule has 3 aromatic heterocycles. The van der Waals surface area contributed by atoms with Crippen LogP contribution in [0.4, 0.5) is 34.3 Å². The van der Waals surface area contributed by atoms with Gasteiger partial charge in [0.2, 0.25) is 17.7 Å². The maximum atomic E-state index is 13.4. The van der Waals surface area contributed by atoms with Crippen LogP contribution in [0, 0.1) is 11.8 Å². The average molecular weight is 583 g/mol. The molecule has 3 aromatic rings. The van der Waals surface area contributed by atoms with Gasteiger partial charge in [-0.2, -0.15) is 8.78 Å². The molecule has 0 radical (unpaired) electrons. The first-order chi connectivity index (χ1) is 19.1. The Morgan fingerprint density at radius 2 is 2.05 bits per heavy atom. The van der Waals surface area contributed by atoms with Crippen LogP contribution in [0.15, 0.2) is 12.4 Å². The van der Waals surface area contributed by atoms with Crippen LogP contribution >= 0.6 is 11.3 Å². The first-order valence-corrected chi connectivity index (χ1v) is 13.7. The molecule has 40 heavy (non-hydrogen) atoms. The molecule has 0 unspecified atom stereocenters. The van der Waals surface area contributed by atoms with Crippen LogP contribution in [0.25, 0.3) is 0 Å². The van der Waals surface area contributed by atoms with Crippen molar-refractivity contribution in [3.8, 4) is 5.88 Å². The van der Waals surface area contributed by atoms with Gasteiger partial charge in [0.25, 0.3) is 11.8 Å². The monoisotopic (exact) mass is 582 g/mol. The van der Waals surface area contributed by atoms with Crippen molar-refractivity contribution in [2.75, 3.05) is 17.2 Å². The summed E-state index contributed by atoms with van der Waals surface area (Å²) in [5, 5.41) is 21.0. The van der Waals surface area contributed by atoms with Crippen molar-refractivity contribution in [2.45, 2.75) is 57.1 Å². The van der Waals surface area contributed by atoms with Gasteiger partial charge < -0.3 is 20.7 Å². The minimum Gasteiger partial charge on any atom is -0.415 e. The highest BCUT2D eigenvalue weighted by Gasteiger charge is 2.56. The summed E-state index contributed by atoms with van der Waals surface area (Å²) in [5.41, 5.74) is 1.06. The molecule has 2 saturated carbocycles. The zero-order valence-corrected chi connectivity index (χ0v) is 22.1. The molecule has 16 heteroatoms. The predicted octanol–water partition coefficient (Wildman–Crippen LogP) is 3.88. The van der Waals surface area contributed by atoms with Crippen molar-refractivity contribution in [3.05, 3.63) is 28.4 Å². The number of carbonyl (C=O) groups is 2. The molecule has 214 valence electrons. The molecule has 3 heterocycles. The van der Waals surface area contributed by atoms with E-state index in [0.29, 0.717) is 41.6 Å². The molecule has 3 aliphatic rings. The van der Waals surface area contributed by atoms with E-state index < -0.39 is 24.4 Å². The van der Waals surface area contributed by atoms with Crippen LogP contribution in [0.5, 0.6) is 5.88 Å². The van der Waals surface area contributed by atoms with Crippen LogP contribution in [0.1, 0.15) is 52.5 Å². The molecule has 0 spiro atoms. The number of fused-ring (bicyclic) bond motifs is 1. The Balaban J connectivity index is 1.23. The maximum absolute atomic E-state index is 13.4. The summed E-state index contributed by atoms with van der Waals surface area (Å²) >= 11 is 1.35. The van der Waals surface area contributed by atoms with Gasteiger partial charge in [0.1, 0.15) is 17.1 Å². The second-order valence-corrected chi connectivity index (χ2v) is 11.4. The summed E-state index contributed by atoms with van der Waals surface area (Å²) in [6, 6.07) is 1.12. The van der Waals surface area contributed by atoms with Gasteiger partial charge in [0, 0.05) is 48.8 Å². The van der Waals surface area contributed by atoms with Gasteiger partial charge in [0.15, 0.2) is 0 Å². The predicted molar refractivity (Wildman–Crippen MR) is 135 cm³/mol. The molecule has 2 amide bonds. The lowest BCUT2D eigenvalue weighted by atomic mass is 9.91. The van der Waals surface area contributed by atoms with Crippen LogP contribution in [-0.4, -0.2) is 55.4 Å². The first kappa shape index (κ1) is 26.5. The van der Waals surface area contributed by atoms with Crippen molar-refractivity contribution in [2.24, 2.45) is 18.9 Å². The summed E-state index contributed by atoms with van der Waals surface area (Å²) in [4.78, 5) is 26.8. The minimum absolute atomic E-state index is 0.0720. The lowest BCUT2D eigenvalue weighted by Gasteiger charge is -2.25. The van der Waals surface area contributed by atoms with Gasteiger partial charge in [-0.25, -0.2) is 13.5 Å². The van der Waals surface area contributed by atoms with Crippen LogP contribution < -0.4 is 20.7 Å². The Morgan fingerprint density at radius 1 is 1.27 bits per heavy atom. The molecule has 6 rings (SSSR count). The second-order valence-electron chi connectivity index (χ2n) is 10.3. The van der Waals surface area contributed by atoms with E-state index in [-0.39, 0.29) is 36.7 Å². The van der Waals surface area contributed by atoms with Gasteiger partial charge in [0.05, 0.1) is 5.56 Å². The Bertz CT molecular complexity index is 1450. The number of nitrogens with one attached hydrogen (secondary N) is 3. The Kier molecular flexibility index (Phi) is 6.67. The van der Waals surface area contributed by atoms with E-state index >= 15 is 0 Å². The second kappa shape index (κ2) is 10.1. The minimum atomic E-state index is -3.01. The zero-order chi connectivity index (χ0) is 28.2. The summed E-state index contributed by atoms with van der Waals surface area (Å²) in [6.07, 6.45) is 4.57. The molecule has 0 aromatic carbocycles. The lowest BCUT2D eigenvalue weighted by molar-refractivity contribution is -0.117. The molecule has 0 aliphatic heterocycles. The highest BCUT2D eigenvalue weighted by atomic mass is 32.1. The Hall–Kier alpha value is -3.69. The lowest BCUT2D eigenvalue weighted by Crippen LogP contribution is -2.29. The van der Waals surface area contributed by atoms with Gasteiger partial charge in [-0.3, -0.25) is 14.2 Å². The van der Waals surface area contributed by atoms with E-state index in [9.17, 15) is 27.2 Å². The number of aromatic nitrogens is 5. The fourth-order valence-corrected chi connectivity index (χ4v) is 6.15. The zero-order valence-electron chi connectivity index (χ0n) is 21.3. The number of aryl methyl sites for hydroxylation is 2. The van der Waals surface area contributed by atoms with Crippen molar-refractivity contribution >= 4 is 39.9 Å². The molecule has 2 atom stereocenters. The molecular formula is C24H26F4N8O3S. The molecule has 2 fully saturated rings. The summed E-state index contributed by atoms with van der Waals surface area (Å²) in [6.45, 7) is -3.16. The number of halogens is 4. The number of amides is 2. The number of ether oxygens (including phenoxy) is 1. The van der Waals surface area contributed by atoms with Crippen LogP contribution in [-0.2, 0) is 24.7 Å². The summed E-state index contributed by atoms with van der Waals surface area (Å²) in [5.74, 6) is -3.92. The number of alkyl halides is 4. The first-order valence-electron chi connectivity index (χ1n) is 12.9. The number of hydrogen-bond donors (Lipinski definition) is 3. The number of thiophene rings is 1. The third kappa shape index (κ3) is 5.36. The molecule has 0 bridgehead atoms. The largest absolute Gasteiger partial charge is 0.415 e. The smallest absolute Gasteiger partial charge is 0.388 e. The van der Waals surface area contributed by atoms with Crippen molar-refractivity contribution in [1.82, 2.24) is 29.9 Å². The number of nitrogens with zero attached hydrogens (tertiary/aromatic N) is 5. The molecule has 0 saturated heterocycles. The number of anilines is 3. The average Bonchev–Trinajstić information content (AvgIpc) is 3.69. The fourth-order valence-electron chi connectivity index (χ4n) is 4.91. The van der Waals surface area contributed by atoms with E-state index in [1.165, 1.54) is 28.4 Å². The van der Waals surface area contributed by atoms with Crippen LogP contribution in [0.2, 0.25) is 0 Å². The third-order valence-corrected chi connectivity index (χ3v) is 8.59. The van der Waals surface area contributed by atoms with E-state index in [1.54, 1.807) is 11.6 Å². The van der Waals surface area contributed by atoms with Gasteiger partial charge in [-0.15, -0.1) is 26.6 Å². The van der Waals surface area contributed by atoms with E-state index in [2.05, 4.69) is 36.0 Å². The number of hydrogen-bond acceptors (Lipinski definition) is 8. The van der Waals surface area contributed by atoms with E-state index in [1.807, 2.05) is 0 Å². The normalized spacial score (nSPS) is 21.1. The standard InChI is InChI=1S/C24H26F4N8O3S/c1-35-16(7-17(34-35)39-22(25)26)31-23-33-30-10-36(23)13-4-5-15-14(6-13)18(20(38)29-9-12-8-24(12,27)28)21(40-15)32-19(37)11-2-3-11/h7,10-13,22H,2-6,8-9H2,1H3,(H,29,38)(H,31,33)(H,32,37)/t12-,13+/m1/s1. The van der Waals surface area contributed by atoms with Crippen molar-refractivity contribution in [3.63, 3.8) is 0 Å². The highest BCUT2D eigenvalue weighted by Crippen LogP contribution is 2.48. The maximum Gasteiger partial charge on any atom is 0.388 e. The molecule has 3 N–H and O–H groups in total. The van der Waals surface area contributed by atoms with Gasteiger partial charge >= 0.3 is 6.61 Å².